The Morgan fingerprint density at radius 2 is 1.93 bits per heavy atom. The van der Waals surface area contributed by atoms with E-state index in [2.05, 4.69) is 5.32 Å². The summed E-state index contributed by atoms with van der Waals surface area (Å²) in [5.74, 6) is -2.02. The van der Waals surface area contributed by atoms with Crippen LogP contribution in [0.2, 0.25) is 0 Å². The third kappa shape index (κ3) is 3.84. The van der Waals surface area contributed by atoms with Gasteiger partial charge in [0.15, 0.2) is 17.7 Å². The maximum absolute atomic E-state index is 13.8. The van der Waals surface area contributed by atoms with Crippen molar-refractivity contribution in [3.8, 4) is 0 Å². The minimum absolute atomic E-state index is 0.0209. The molecule has 0 bridgehead atoms. The van der Waals surface area contributed by atoms with Crippen LogP contribution >= 0.6 is 0 Å². The van der Waals surface area contributed by atoms with E-state index in [0.29, 0.717) is 27.9 Å². The highest BCUT2D eigenvalue weighted by Gasteiger charge is 2.26. The molecule has 144 valence electrons. The van der Waals surface area contributed by atoms with Gasteiger partial charge in [-0.1, -0.05) is 24.3 Å². The zero-order valence-electron chi connectivity index (χ0n) is 15.2. The number of nitrogens with two attached hydrogens (primary N) is 1. The SMILES string of the molecule is CNc1cc(F)cc2c1CC(=O)C(C(=O)Cc1ccc(C(O)C(N)=O)cc1)=C2. The van der Waals surface area contributed by atoms with Gasteiger partial charge >= 0.3 is 0 Å². The van der Waals surface area contributed by atoms with Gasteiger partial charge in [-0.3, -0.25) is 14.4 Å². The summed E-state index contributed by atoms with van der Waals surface area (Å²) in [4.78, 5) is 36.1. The van der Waals surface area contributed by atoms with Crippen molar-refractivity contribution >= 4 is 29.2 Å². The molecule has 6 nitrogen and oxygen atoms in total. The number of ketones is 2. The van der Waals surface area contributed by atoms with Crippen LogP contribution in [0.1, 0.15) is 28.4 Å². The molecule has 0 aromatic heterocycles. The first kappa shape index (κ1) is 19.4. The number of allylic oxidation sites excluding steroid dienone is 1. The average molecular weight is 382 g/mol. The van der Waals surface area contributed by atoms with Gasteiger partial charge in [0.2, 0.25) is 0 Å². The molecule has 1 atom stereocenters. The highest BCUT2D eigenvalue weighted by Crippen LogP contribution is 2.30. The predicted octanol–water partition coefficient (Wildman–Crippen LogP) is 1.71. The van der Waals surface area contributed by atoms with Crippen LogP contribution < -0.4 is 11.1 Å². The second kappa shape index (κ2) is 7.74. The molecule has 0 saturated carbocycles. The molecule has 0 saturated heterocycles. The molecule has 0 fully saturated rings. The number of hydrogen-bond donors (Lipinski definition) is 3. The Labute approximate surface area is 160 Å². The zero-order valence-corrected chi connectivity index (χ0v) is 15.2. The van der Waals surface area contributed by atoms with Gasteiger partial charge in [-0.2, -0.15) is 0 Å². The quantitative estimate of drug-likeness (QED) is 0.659. The number of anilines is 1. The summed E-state index contributed by atoms with van der Waals surface area (Å²) in [6.07, 6.45) is -0.0000704. The van der Waals surface area contributed by atoms with E-state index >= 15 is 0 Å². The number of carbonyl (C=O) groups is 3. The van der Waals surface area contributed by atoms with Crippen molar-refractivity contribution in [2.45, 2.75) is 18.9 Å². The molecule has 1 aliphatic rings. The highest BCUT2D eigenvalue weighted by molar-refractivity contribution is 6.25. The lowest BCUT2D eigenvalue weighted by Gasteiger charge is -2.18. The fourth-order valence-corrected chi connectivity index (χ4v) is 3.20. The van der Waals surface area contributed by atoms with Crippen molar-refractivity contribution in [3.63, 3.8) is 0 Å². The molecule has 1 amide bonds. The normalized spacial score (nSPS) is 14.1. The van der Waals surface area contributed by atoms with E-state index in [0.717, 1.165) is 0 Å². The molecular weight excluding hydrogens is 363 g/mol. The van der Waals surface area contributed by atoms with E-state index in [9.17, 15) is 23.9 Å². The average Bonchev–Trinajstić information content (AvgIpc) is 2.67. The smallest absolute Gasteiger partial charge is 0.250 e. The van der Waals surface area contributed by atoms with E-state index in [1.807, 2.05) is 0 Å². The summed E-state index contributed by atoms with van der Waals surface area (Å²) in [5.41, 5.74) is 7.70. The third-order valence-electron chi connectivity index (χ3n) is 4.69. The van der Waals surface area contributed by atoms with E-state index in [1.54, 1.807) is 19.2 Å². The van der Waals surface area contributed by atoms with Crippen LogP contribution in [0.15, 0.2) is 42.0 Å². The number of fused-ring (bicyclic) bond motifs is 1. The molecule has 3 rings (SSSR count). The first-order valence-corrected chi connectivity index (χ1v) is 8.64. The molecule has 0 spiro atoms. The molecule has 1 aliphatic carbocycles. The van der Waals surface area contributed by atoms with Crippen molar-refractivity contribution < 1.29 is 23.9 Å². The number of carbonyl (C=O) groups excluding carboxylic acids is 3. The zero-order chi connectivity index (χ0) is 20.4. The number of halogens is 1. The number of nitrogens with one attached hydrogen (secondary N) is 1. The van der Waals surface area contributed by atoms with Gasteiger partial charge in [0.05, 0.1) is 5.57 Å². The lowest BCUT2D eigenvalue weighted by atomic mass is 9.86. The van der Waals surface area contributed by atoms with Crippen LogP contribution in [0.3, 0.4) is 0 Å². The first-order valence-electron chi connectivity index (χ1n) is 8.64. The topological polar surface area (TPSA) is 109 Å². The summed E-state index contributed by atoms with van der Waals surface area (Å²) in [5, 5.41) is 12.5. The van der Waals surface area contributed by atoms with Crippen LogP contribution in [0.5, 0.6) is 0 Å². The standard InChI is InChI=1S/C21H19FN2O4/c1-24-17-9-14(22)7-13-8-16(19(26)10-15(13)17)18(25)6-11-2-4-12(5-3-11)20(27)21(23)28/h2-5,7-9,20,24,27H,6,10H2,1H3,(H2,23,28). The lowest BCUT2D eigenvalue weighted by molar-refractivity contribution is -0.126. The number of Topliss-reactive ketones (excluding diaryl/α,β-unsaturated/α-hetero) is 2. The largest absolute Gasteiger partial charge is 0.388 e. The Balaban J connectivity index is 1.84. The number of rotatable bonds is 6. The van der Waals surface area contributed by atoms with Gasteiger partial charge < -0.3 is 16.2 Å². The van der Waals surface area contributed by atoms with Crippen molar-refractivity contribution in [3.05, 3.63) is 70.0 Å². The fraction of sp³-hybridized carbons (Fsp3) is 0.190. The van der Waals surface area contributed by atoms with E-state index in [-0.39, 0.29) is 30.0 Å². The summed E-state index contributed by atoms with van der Waals surface area (Å²) < 4.78 is 13.8. The lowest BCUT2D eigenvalue weighted by Crippen LogP contribution is -2.22. The summed E-state index contributed by atoms with van der Waals surface area (Å²) in [6, 6.07) is 8.78. The first-order chi connectivity index (χ1) is 13.3. The van der Waals surface area contributed by atoms with Gasteiger partial charge in [-0.25, -0.2) is 4.39 Å². The predicted molar refractivity (Wildman–Crippen MR) is 102 cm³/mol. The number of benzene rings is 2. The number of hydrogen-bond acceptors (Lipinski definition) is 5. The molecule has 0 aliphatic heterocycles. The minimum Gasteiger partial charge on any atom is -0.388 e. The van der Waals surface area contributed by atoms with Gasteiger partial charge in [-0.15, -0.1) is 0 Å². The summed E-state index contributed by atoms with van der Waals surface area (Å²) in [7, 11) is 1.64. The second-order valence-electron chi connectivity index (χ2n) is 6.58. The number of amides is 1. The maximum atomic E-state index is 13.8. The molecule has 4 N–H and O–H groups in total. The van der Waals surface area contributed by atoms with Gasteiger partial charge in [0, 0.05) is 25.6 Å². The molecule has 2 aromatic carbocycles. The number of aliphatic hydroxyl groups is 1. The summed E-state index contributed by atoms with van der Waals surface area (Å²) >= 11 is 0. The molecule has 0 heterocycles. The van der Waals surface area contributed by atoms with E-state index < -0.39 is 17.8 Å². The van der Waals surface area contributed by atoms with Crippen LogP contribution in [0.25, 0.3) is 6.08 Å². The molecular formula is C21H19FN2O4. The minimum atomic E-state index is -1.42. The monoisotopic (exact) mass is 382 g/mol. The van der Waals surface area contributed by atoms with Crippen molar-refractivity contribution in [1.29, 1.82) is 0 Å². The van der Waals surface area contributed by atoms with Crippen molar-refractivity contribution in [2.75, 3.05) is 12.4 Å². The van der Waals surface area contributed by atoms with Crippen LogP contribution in [-0.2, 0) is 27.2 Å². The Morgan fingerprint density at radius 3 is 2.54 bits per heavy atom. The summed E-state index contributed by atoms with van der Waals surface area (Å²) in [6.45, 7) is 0. The highest BCUT2D eigenvalue weighted by atomic mass is 19.1. The van der Waals surface area contributed by atoms with E-state index in [1.165, 1.54) is 30.3 Å². The molecule has 7 heteroatoms. The Hall–Kier alpha value is -3.32. The van der Waals surface area contributed by atoms with Crippen molar-refractivity contribution in [1.82, 2.24) is 0 Å². The second-order valence-corrected chi connectivity index (χ2v) is 6.58. The van der Waals surface area contributed by atoms with Gasteiger partial charge in [0.25, 0.3) is 5.91 Å². The Morgan fingerprint density at radius 1 is 1.25 bits per heavy atom. The van der Waals surface area contributed by atoms with Crippen LogP contribution in [-0.4, -0.2) is 29.6 Å². The van der Waals surface area contributed by atoms with Gasteiger partial charge in [-0.05, 0) is 40.5 Å². The molecule has 0 radical (unpaired) electrons. The molecule has 1 unspecified atom stereocenters. The third-order valence-corrected chi connectivity index (χ3v) is 4.69. The number of aliphatic hydroxyl groups excluding tert-OH is 1. The van der Waals surface area contributed by atoms with E-state index in [4.69, 9.17) is 5.73 Å². The van der Waals surface area contributed by atoms with Crippen LogP contribution in [0, 0.1) is 5.82 Å². The van der Waals surface area contributed by atoms with Gasteiger partial charge in [0.1, 0.15) is 5.82 Å². The number of primary amides is 1. The fourth-order valence-electron chi connectivity index (χ4n) is 3.20. The maximum Gasteiger partial charge on any atom is 0.250 e. The molecule has 2 aromatic rings. The van der Waals surface area contributed by atoms with Crippen LogP contribution in [0.4, 0.5) is 10.1 Å². The Bertz CT molecular complexity index is 996. The molecule has 28 heavy (non-hydrogen) atoms. The van der Waals surface area contributed by atoms with Crippen molar-refractivity contribution in [2.24, 2.45) is 5.73 Å². The Kier molecular flexibility index (Phi) is 5.37.